The van der Waals surface area contributed by atoms with Crippen LogP contribution in [0, 0.1) is 11.8 Å². The smallest absolute Gasteiger partial charge is 0.227 e. The molecule has 0 radical (unpaired) electrons. The number of nitrogens with one attached hydrogen (secondary N) is 3. The van der Waals surface area contributed by atoms with E-state index in [4.69, 9.17) is 0 Å². The highest BCUT2D eigenvalue weighted by Crippen LogP contribution is 2.30. The summed E-state index contributed by atoms with van der Waals surface area (Å²) in [6, 6.07) is 14.9. The Morgan fingerprint density at radius 2 is 1.75 bits per heavy atom. The van der Waals surface area contributed by atoms with Gasteiger partial charge in [-0.2, -0.15) is 0 Å². The number of carbonyl (C=O) groups is 3. The van der Waals surface area contributed by atoms with E-state index in [9.17, 15) is 14.4 Å². The van der Waals surface area contributed by atoms with Gasteiger partial charge in [-0.25, -0.2) is 0 Å². The lowest BCUT2D eigenvalue weighted by atomic mass is 9.89. The number of hydrogen-bond acceptors (Lipinski definition) is 3. The fraction of sp³-hybridized carbons (Fsp3) is 0.318. The molecule has 2 aromatic carbocycles. The normalized spacial score (nSPS) is 18.0. The van der Waals surface area contributed by atoms with Gasteiger partial charge in [0.05, 0.1) is 0 Å². The van der Waals surface area contributed by atoms with Crippen LogP contribution in [0.25, 0.3) is 0 Å². The van der Waals surface area contributed by atoms with Gasteiger partial charge in [-0.15, -0.1) is 0 Å². The monoisotopic (exact) mass is 377 g/mol. The van der Waals surface area contributed by atoms with Crippen molar-refractivity contribution >= 4 is 34.8 Å². The Morgan fingerprint density at radius 3 is 2.54 bits per heavy atom. The Bertz CT molecular complexity index is 921. The Labute approximate surface area is 163 Å². The zero-order valence-electron chi connectivity index (χ0n) is 15.5. The summed E-state index contributed by atoms with van der Waals surface area (Å²) in [6.07, 6.45) is 3.30. The molecule has 0 spiro atoms. The summed E-state index contributed by atoms with van der Waals surface area (Å²) >= 11 is 0. The predicted octanol–water partition coefficient (Wildman–Crippen LogP) is 3.56. The molecule has 1 saturated carbocycles. The Morgan fingerprint density at radius 1 is 1.00 bits per heavy atom. The number of para-hydroxylation sites is 1. The van der Waals surface area contributed by atoms with E-state index < -0.39 is 0 Å². The maximum Gasteiger partial charge on any atom is 0.227 e. The first-order valence-electron chi connectivity index (χ1n) is 9.68. The summed E-state index contributed by atoms with van der Waals surface area (Å²) in [5, 5.41) is 8.64. The van der Waals surface area contributed by atoms with E-state index in [1.54, 1.807) is 24.3 Å². The number of rotatable bonds is 6. The third kappa shape index (κ3) is 4.39. The number of benzene rings is 2. The molecular formula is C22H23N3O3. The molecule has 6 heteroatoms. The van der Waals surface area contributed by atoms with Crippen LogP contribution >= 0.6 is 0 Å². The van der Waals surface area contributed by atoms with Crippen molar-refractivity contribution in [3.63, 3.8) is 0 Å². The van der Waals surface area contributed by atoms with Crippen LogP contribution in [0.15, 0.2) is 48.5 Å². The minimum Gasteiger partial charge on any atom is -0.326 e. The largest absolute Gasteiger partial charge is 0.326 e. The molecule has 4 rings (SSSR count). The van der Waals surface area contributed by atoms with Crippen LogP contribution in [0.4, 0.5) is 17.1 Å². The van der Waals surface area contributed by atoms with Crippen LogP contribution in [0.2, 0.25) is 0 Å². The van der Waals surface area contributed by atoms with Gasteiger partial charge in [0.15, 0.2) is 0 Å². The topological polar surface area (TPSA) is 87.3 Å². The minimum absolute atomic E-state index is 0.0312. The molecule has 2 aromatic rings. The standard InChI is InChI=1S/C22H23N3O3/c26-20(11-10-16-12-15-4-1-2-7-19(15)25-22(16)28)23-17-5-3-6-18(13-17)24-21(27)14-8-9-14/h1-7,13-14,16H,8-12H2,(H,23,26)(H,24,27)(H,25,28). The fourth-order valence-electron chi connectivity index (χ4n) is 3.44. The van der Waals surface area contributed by atoms with Gasteiger partial charge in [0.1, 0.15) is 0 Å². The lowest BCUT2D eigenvalue weighted by molar-refractivity contribution is -0.121. The summed E-state index contributed by atoms with van der Waals surface area (Å²) in [5.74, 6) is -0.212. The number of amides is 3. The predicted molar refractivity (Wildman–Crippen MR) is 108 cm³/mol. The minimum atomic E-state index is -0.204. The van der Waals surface area contributed by atoms with Crippen LogP contribution in [-0.4, -0.2) is 17.7 Å². The van der Waals surface area contributed by atoms with Crippen molar-refractivity contribution in [2.45, 2.75) is 32.1 Å². The maximum atomic E-state index is 12.3. The third-order valence-corrected chi connectivity index (χ3v) is 5.19. The Kier molecular flexibility index (Phi) is 5.10. The van der Waals surface area contributed by atoms with Crippen LogP contribution in [-0.2, 0) is 20.8 Å². The summed E-state index contributed by atoms with van der Waals surface area (Å²) in [5.41, 5.74) is 3.28. The zero-order valence-corrected chi connectivity index (χ0v) is 15.5. The number of anilines is 3. The fourth-order valence-corrected chi connectivity index (χ4v) is 3.44. The second-order valence-corrected chi connectivity index (χ2v) is 7.48. The quantitative estimate of drug-likeness (QED) is 0.719. The Balaban J connectivity index is 1.30. The first-order valence-corrected chi connectivity index (χ1v) is 9.68. The molecule has 0 bridgehead atoms. The Hall–Kier alpha value is -3.15. The average Bonchev–Trinajstić information content (AvgIpc) is 3.52. The van der Waals surface area contributed by atoms with Crippen molar-refractivity contribution in [2.75, 3.05) is 16.0 Å². The molecule has 1 atom stereocenters. The molecule has 1 aliphatic heterocycles. The van der Waals surface area contributed by atoms with Gasteiger partial charge in [0.25, 0.3) is 0 Å². The van der Waals surface area contributed by atoms with E-state index in [0.29, 0.717) is 24.2 Å². The van der Waals surface area contributed by atoms with E-state index in [1.165, 1.54) is 0 Å². The molecule has 6 nitrogen and oxygen atoms in total. The maximum absolute atomic E-state index is 12.3. The van der Waals surface area contributed by atoms with Gasteiger partial charge in [0.2, 0.25) is 17.7 Å². The molecule has 0 saturated heterocycles. The van der Waals surface area contributed by atoms with Crippen molar-refractivity contribution in [1.82, 2.24) is 0 Å². The third-order valence-electron chi connectivity index (χ3n) is 5.19. The van der Waals surface area contributed by atoms with Crippen LogP contribution in [0.5, 0.6) is 0 Å². The van der Waals surface area contributed by atoms with Gasteiger partial charge in [-0.05, 0) is 55.5 Å². The van der Waals surface area contributed by atoms with E-state index in [0.717, 1.165) is 24.1 Å². The van der Waals surface area contributed by atoms with Crippen molar-refractivity contribution in [2.24, 2.45) is 11.8 Å². The highest BCUT2D eigenvalue weighted by molar-refractivity contribution is 5.97. The second-order valence-electron chi connectivity index (χ2n) is 7.48. The molecule has 1 fully saturated rings. The average molecular weight is 377 g/mol. The lowest BCUT2D eigenvalue weighted by Gasteiger charge is -2.24. The second kappa shape index (κ2) is 7.84. The molecule has 144 valence electrons. The summed E-state index contributed by atoms with van der Waals surface area (Å²) < 4.78 is 0. The SMILES string of the molecule is O=C(CCC1Cc2ccccc2NC1=O)Nc1cccc(NC(=O)C2CC2)c1. The van der Waals surface area contributed by atoms with Gasteiger partial charge < -0.3 is 16.0 Å². The highest BCUT2D eigenvalue weighted by atomic mass is 16.2. The van der Waals surface area contributed by atoms with Gasteiger partial charge in [0, 0.05) is 35.3 Å². The van der Waals surface area contributed by atoms with E-state index in [1.807, 2.05) is 24.3 Å². The van der Waals surface area contributed by atoms with Crippen LogP contribution in [0.1, 0.15) is 31.2 Å². The van der Waals surface area contributed by atoms with Crippen LogP contribution in [0.3, 0.4) is 0 Å². The molecule has 1 heterocycles. The van der Waals surface area contributed by atoms with Crippen molar-refractivity contribution in [1.29, 1.82) is 0 Å². The molecule has 1 unspecified atom stereocenters. The zero-order chi connectivity index (χ0) is 19.5. The molecule has 1 aliphatic carbocycles. The number of fused-ring (bicyclic) bond motifs is 1. The van der Waals surface area contributed by atoms with Crippen LogP contribution < -0.4 is 16.0 Å². The van der Waals surface area contributed by atoms with Gasteiger partial charge in [-0.3, -0.25) is 14.4 Å². The molecule has 3 N–H and O–H groups in total. The molecule has 3 amide bonds. The molecule has 28 heavy (non-hydrogen) atoms. The van der Waals surface area contributed by atoms with Crippen molar-refractivity contribution in [3.05, 3.63) is 54.1 Å². The lowest BCUT2D eigenvalue weighted by Crippen LogP contribution is -2.30. The van der Waals surface area contributed by atoms with Gasteiger partial charge >= 0.3 is 0 Å². The number of hydrogen-bond donors (Lipinski definition) is 3. The van der Waals surface area contributed by atoms with E-state index in [-0.39, 0.29) is 36.0 Å². The summed E-state index contributed by atoms with van der Waals surface area (Å²) in [4.78, 5) is 36.4. The number of carbonyl (C=O) groups excluding carboxylic acids is 3. The van der Waals surface area contributed by atoms with E-state index >= 15 is 0 Å². The highest BCUT2D eigenvalue weighted by Gasteiger charge is 2.29. The summed E-state index contributed by atoms with van der Waals surface area (Å²) in [6.45, 7) is 0. The van der Waals surface area contributed by atoms with E-state index in [2.05, 4.69) is 16.0 Å². The van der Waals surface area contributed by atoms with Gasteiger partial charge in [-0.1, -0.05) is 24.3 Å². The van der Waals surface area contributed by atoms with Crippen molar-refractivity contribution < 1.29 is 14.4 Å². The van der Waals surface area contributed by atoms with Crippen molar-refractivity contribution in [3.8, 4) is 0 Å². The molecule has 2 aliphatic rings. The summed E-state index contributed by atoms with van der Waals surface area (Å²) in [7, 11) is 0. The molecule has 0 aromatic heterocycles. The first-order chi connectivity index (χ1) is 13.6. The molecular weight excluding hydrogens is 354 g/mol. The first kappa shape index (κ1) is 18.2.